The maximum atomic E-state index is 12.0. The van der Waals surface area contributed by atoms with Crippen LogP contribution in [0.15, 0.2) is 55.1 Å². The molecule has 0 aliphatic carbocycles. The molecule has 3 aromatic rings. The predicted molar refractivity (Wildman–Crippen MR) is 85.8 cm³/mol. The molecule has 0 atom stereocenters. The van der Waals surface area contributed by atoms with Crippen molar-refractivity contribution in [3.05, 3.63) is 66.3 Å². The van der Waals surface area contributed by atoms with E-state index in [1.165, 1.54) is 12.4 Å². The summed E-state index contributed by atoms with van der Waals surface area (Å²) in [6.07, 6.45) is 8.05. The third-order valence-electron chi connectivity index (χ3n) is 3.18. The van der Waals surface area contributed by atoms with Crippen molar-refractivity contribution in [2.75, 3.05) is 5.32 Å². The van der Waals surface area contributed by atoms with Crippen molar-refractivity contribution in [2.24, 2.45) is 0 Å². The van der Waals surface area contributed by atoms with Crippen LogP contribution in [-0.4, -0.2) is 31.1 Å². The first-order valence-corrected chi connectivity index (χ1v) is 6.95. The fourth-order valence-electron chi connectivity index (χ4n) is 2.04. The number of tetrazole rings is 1. The number of hydrogen-bond acceptors (Lipinski definition) is 5. The molecular formula is C16H14N6O. The zero-order valence-electron chi connectivity index (χ0n) is 12.4. The average molecular weight is 306 g/mol. The van der Waals surface area contributed by atoms with Crippen LogP contribution >= 0.6 is 0 Å². The van der Waals surface area contributed by atoms with Crippen LogP contribution in [0.25, 0.3) is 11.8 Å². The number of amides is 1. The van der Waals surface area contributed by atoms with Gasteiger partial charge in [-0.2, -0.15) is 0 Å². The van der Waals surface area contributed by atoms with E-state index in [0.29, 0.717) is 5.69 Å². The number of aryl methyl sites for hydroxylation is 1. The Bertz CT molecular complexity index is 827. The predicted octanol–water partition coefficient (Wildman–Crippen LogP) is 2.02. The van der Waals surface area contributed by atoms with Gasteiger partial charge in [0, 0.05) is 24.2 Å². The normalized spacial score (nSPS) is 10.8. The molecule has 0 radical (unpaired) electrons. The lowest BCUT2D eigenvalue weighted by molar-refractivity contribution is -0.111. The lowest BCUT2D eigenvalue weighted by Crippen LogP contribution is -2.09. The molecule has 0 saturated heterocycles. The van der Waals surface area contributed by atoms with Gasteiger partial charge in [0.05, 0.1) is 5.69 Å². The van der Waals surface area contributed by atoms with E-state index >= 15 is 0 Å². The van der Waals surface area contributed by atoms with E-state index in [1.807, 2.05) is 37.3 Å². The Kier molecular flexibility index (Phi) is 4.19. The van der Waals surface area contributed by atoms with Crippen molar-refractivity contribution >= 4 is 17.7 Å². The fraction of sp³-hybridized carbons (Fsp3) is 0.0625. The Morgan fingerprint density at radius 3 is 2.96 bits per heavy atom. The first kappa shape index (κ1) is 14.6. The van der Waals surface area contributed by atoms with Gasteiger partial charge in [-0.15, -0.1) is 5.10 Å². The molecule has 0 fully saturated rings. The second kappa shape index (κ2) is 6.61. The highest BCUT2D eigenvalue weighted by molar-refractivity contribution is 6.02. The zero-order chi connectivity index (χ0) is 16.1. The molecule has 7 nitrogen and oxygen atoms in total. The van der Waals surface area contributed by atoms with Gasteiger partial charge in [-0.3, -0.25) is 9.78 Å². The van der Waals surface area contributed by atoms with Crippen LogP contribution in [0.3, 0.4) is 0 Å². The quantitative estimate of drug-likeness (QED) is 0.745. The number of nitrogens with one attached hydrogen (secondary N) is 1. The average Bonchev–Trinajstić information content (AvgIpc) is 3.10. The second-order valence-corrected chi connectivity index (χ2v) is 4.86. The first-order valence-electron chi connectivity index (χ1n) is 6.95. The number of nitrogens with zero attached hydrogens (tertiary/aromatic N) is 5. The largest absolute Gasteiger partial charge is 0.322 e. The molecule has 0 saturated carbocycles. The summed E-state index contributed by atoms with van der Waals surface area (Å²) in [4.78, 5) is 16.0. The molecule has 0 unspecified atom stereocenters. The molecule has 7 heteroatoms. The lowest BCUT2D eigenvalue weighted by Gasteiger charge is -2.08. The highest BCUT2D eigenvalue weighted by atomic mass is 16.1. The molecule has 1 aromatic carbocycles. The number of rotatable bonds is 4. The molecule has 0 aliphatic rings. The van der Waals surface area contributed by atoms with Gasteiger partial charge in [0.2, 0.25) is 5.91 Å². The molecule has 0 spiro atoms. The van der Waals surface area contributed by atoms with Crippen LogP contribution in [0.2, 0.25) is 0 Å². The van der Waals surface area contributed by atoms with E-state index in [-0.39, 0.29) is 5.91 Å². The van der Waals surface area contributed by atoms with Crippen LogP contribution < -0.4 is 5.32 Å². The molecule has 1 amide bonds. The topological polar surface area (TPSA) is 85.6 Å². The summed E-state index contributed by atoms with van der Waals surface area (Å²) in [5, 5.41) is 13.9. The Morgan fingerprint density at radius 1 is 1.30 bits per heavy atom. The van der Waals surface area contributed by atoms with Gasteiger partial charge in [0.1, 0.15) is 6.33 Å². The summed E-state index contributed by atoms with van der Waals surface area (Å²) in [6, 6.07) is 9.24. The Morgan fingerprint density at radius 2 is 2.22 bits per heavy atom. The standard InChI is InChI=1S/C16H14N6O/c1-12-4-6-14(9-15(12)22-11-18-20-21-22)19-16(23)7-5-13-3-2-8-17-10-13/h2-11H,1H3,(H,19,23). The summed E-state index contributed by atoms with van der Waals surface area (Å²) >= 11 is 0. The van der Waals surface area contributed by atoms with Crippen LogP contribution in [-0.2, 0) is 4.79 Å². The van der Waals surface area contributed by atoms with Crippen LogP contribution in [0.1, 0.15) is 11.1 Å². The second-order valence-electron chi connectivity index (χ2n) is 4.86. The molecule has 2 aromatic heterocycles. The van der Waals surface area contributed by atoms with E-state index in [1.54, 1.807) is 23.2 Å². The summed E-state index contributed by atoms with van der Waals surface area (Å²) in [5.74, 6) is -0.222. The smallest absolute Gasteiger partial charge is 0.248 e. The molecular weight excluding hydrogens is 292 g/mol. The number of benzene rings is 1. The van der Waals surface area contributed by atoms with Gasteiger partial charge in [0.15, 0.2) is 0 Å². The van der Waals surface area contributed by atoms with Crippen LogP contribution in [0.4, 0.5) is 5.69 Å². The highest BCUT2D eigenvalue weighted by Crippen LogP contribution is 2.18. The molecule has 0 bridgehead atoms. The van der Waals surface area contributed by atoms with Gasteiger partial charge in [-0.1, -0.05) is 12.1 Å². The van der Waals surface area contributed by atoms with Crippen molar-refractivity contribution in [1.29, 1.82) is 0 Å². The summed E-state index contributed by atoms with van der Waals surface area (Å²) in [5.41, 5.74) is 3.34. The Balaban J connectivity index is 1.74. The van der Waals surface area contributed by atoms with E-state index < -0.39 is 0 Å². The minimum Gasteiger partial charge on any atom is -0.322 e. The lowest BCUT2D eigenvalue weighted by atomic mass is 10.2. The maximum Gasteiger partial charge on any atom is 0.248 e. The van der Waals surface area contributed by atoms with Crippen LogP contribution in [0, 0.1) is 6.92 Å². The summed E-state index contributed by atoms with van der Waals surface area (Å²) in [7, 11) is 0. The van der Waals surface area contributed by atoms with Crippen molar-refractivity contribution in [1.82, 2.24) is 25.2 Å². The van der Waals surface area contributed by atoms with E-state index in [2.05, 4.69) is 25.8 Å². The number of pyridine rings is 1. The number of aromatic nitrogens is 5. The van der Waals surface area contributed by atoms with Gasteiger partial charge in [0.25, 0.3) is 0 Å². The monoisotopic (exact) mass is 306 g/mol. The SMILES string of the molecule is Cc1ccc(NC(=O)C=Cc2cccnc2)cc1-n1cnnn1. The Hall–Kier alpha value is -3.35. The van der Waals surface area contributed by atoms with Crippen molar-refractivity contribution in [3.8, 4) is 5.69 Å². The van der Waals surface area contributed by atoms with Gasteiger partial charge in [-0.05, 0) is 52.8 Å². The van der Waals surface area contributed by atoms with Crippen molar-refractivity contribution < 1.29 is 4.79 Å². The highest BCUT2D eigenvalue weighted by Gasteiger charge is 2.05. The minimum absolute atomic E-state index is 0.222. The van der Waals surface area contributed by atoms with E-state index in [9.17, 15) is 4.79 Å². The number of carbonyl (C=O) groups is 1. The fourth-order valence-corrected chi connectivity index (χ4v) is 2.04. The van der Waals surface area contributed by atoms with E-state index in [0.717, 1.165) is 16.8 Å². The van der Waals surface area contributed by atoms with E-state index in [4.69, 9.17) is 0 Å². The summed E-state index contributed by atoms with van der Waals surface area (Å²) in [6.45, 7) is 1.95. The maximum absolute atomic E-state index is 12.0. The summed E-state index contributed by atoms with van der Waals surface area (Å²) < 4.78 is 1.55. The van der Waals surface area contributed by atoms with Gasteiger partial charge in [-0.25, -0.2) is 4.68 Å². The third-order valence-corrected chi connectivity index (χ3v) is 3.18. The van der Waals surface area contributed by atoms with Crippen molar-refractivity contribution in [3.63, 3.8) is 0 Å². The molecule has 23 heavy (non-hydrogen) atoms. The number of anilines is 1. The number of carbonyl (C=O) groups excluding carboxylic acids is 1. The van der Waals surface area contributed by atoms with Crippen molar-refractivity contribution in [2.45, 2.75) is 6.92 Å². The third kappa shape index (κ3) is 3.65. The van der Waals surface area contributed by atoms with Gasteiger partial charge < -0.3 is 5.32 Å². The first-order chi connectivity index (χ1) is 11.2. The molecule has 2 heterocycles. The minimum atomic E-state index is -0.222. The molecule has 1 N–H and O–H groups in total. The molecule has 3 rings (SSSR count). The van der Waals surface area contributed by atoms with Crippen LogP contribution in [0.5, 0.6) is 0 Å². The molecule has 114 valence electrons. The van der Waals surface area contributed by atoms with Gasteiger partial charge >= 0.3 is 0 Å². The number of hydrogen-bond donors (Lipinski definition) is 1. The Labute approximate surface area is 132 Å². The zero-order valence-corrected chi connectivity index (χ0v) is 12.4. The molecule has 0 aliphatic heterocycles.